The molecule has 0 saturated carbocycles. The third kappa shape index (κ3) is 6.49. The number of nitrogens with zero attached hydrogens (tertiary/aromatic N) is 2. The number of nitrogens with one attached hydrogen (secondary N) is 1. The summed E-state index contributed by atoms with van der Waals surface area (Å²) in [5.74, 6) is 0.669. The van der Waals surface area contributed by atoms with E-state index in [-0.39, 0.29) is 18.4 Å². The average molecular weight is 390 g/mol. The van der Waals surface area contributed by atoms with Crippen LogP contribution in [0, 0.1) is 0 Å². The van der Waals surface area contributed by atoms with Crippen molar-refractivity contribution in [3.05, 3.63) is 59.1 Å². The van der Waals surface area contributed by atoms with E-state index >= 15 is 0 Å². The van der Waals surface area contributed by atoms with E-state index in [1.54, 1.807) is 51.5 Å². The van der Waals surface area contributed by atoms with E-state index in [1.165, 1.54) is 9.80 Å². The average Bonchev–Trinajstić information content (AvgIpc) is 2.64. The van der Waals surface area contributed by atoms with Crippen LogP contribution in [-0.4, -0.2) is 56.0 Å². The third-order valence-electron chi connectivity index (χ3n) is 3.96. The Bertz CT molecular complexity index is 778. The van der Waals surface area contributed by atoms with Crippen molar-refractivity contribution in [1.29, 1.82) is 0 Å². The van der Waals surface area contributed by atoms with Crippen molar-refractivity contribution in [3.8, 4) is 5.75 Å². The molecule has 7 heteroatoms. The Kier molecular flexibility index (Phi) is 7.49. The maximum Gasteiger partial charge on any atom is 0.321 e. The molecular formula is C20H24ClN3O3. The Hall–Kier alpha value is -2.73. The summed E-state index contributed by atoms with van der Waals surface area (Å²) in [5.41, 5.74) is 1.40. The molecule has 2 aromatic rings. The van der Waals surface area contributed by atoms with Crippen LogP contribution in [0.1, 0.15) is 5.56 Å². The number of hydrogen-bond donors (Lipinski definition) is 1. The molecule has 0 unspecified atom stereocenters. The Morgan fingerprint density at radius 1 is 1.04 bits per heavy atom. The fourth-order valence-corrected chi connectivity index (χ4v) is 2.39. The van der Waals surface area contributed by atoms with Crippen molar-refractivity contribution in [2.24, 2.45) is 0 Å². The van der Waals surface area contributed by atoms with Crippen molar-refractivity contribution in [2.45, 2.75) is 6.42 Å². The lowest BCUT2D eigenvalue weighted by atomic mass is 10.1. The maximum atomic E-state index is 12.4. The Morgan fingerprint density at radius 2 is 1.70 bits per heavy atom. The summed E-state index contributed by atoms with van der Waals surface area (Å²) in [4.78, 5) is 27.4. The molecule has 0 aliphatic rings. The summed E-state index contributed by atoms with van der Waals surface area (Å²) in [7, 11) is 5.10. The quantitative estimate of drug-likeness (QED) is 0.788. The highest BCUT2D eigenvalue weighted by Crippen LogP contribution is 2.17. The molecule has 0 bridgehead atoms. The SMILES string of the molecule is CN(C)C(=O)Cc1ccccc1NC(=O)N(C)CCOc1ccc(Cl)cc1. The van der Waals surface area contributed by atoms with Crippen LogP contribution in [0.3, 0.4) is 0 Å². The number of hydrogen-bond acceptors (Lipinski definition) is 3. The minimum atomic E-state index is -0.264. The Labute approximate surface area is 164 Å². The second-order valence-corrected chi connectivity index (χ2v) is 6.71. The van der Waals surface area contributed by atoms with Gasteiger partial charge in [0.2, 0.25) is 5.91 Å². The van der Waals surface area contributed by atoms with Crippen molar-refractivity contribution in [3.63, 3.8) is 0 Å². The van der Waals surface area contributed by atoms with Crippen LogP contribution in [-0.2, 0) is 11.2 Å². The zero-order chi connectivity index (χ0) is 19.8. The Balaban J connectivity index is 1.88. The lowest BCUT2D eigenvalue weighted by Crippen LogP contribution is -2.35. The van der Waals surface area contributed by atoms with Gasteiger partial charge in [-0.05, 0) is 35.9 Å². The van der Waals surface area contributed by atoms with Crippen LogP contribution in [0.5, 0.6) is 5.75 Å². The van der Waals surface area contributed by atoms with Crippen molar-refractivity contribution >= 4 is 29.2 Å². The van der Waals surface area contributed by atoms with E-state index in [9.17, 15) is 9.59 Å². The molecular weight excluding hydrogens is 366 g/mol. The second kappa shape index (κ2) is 9.83. The summed E-state index contributed by atoms with van der Waals surface area (Å²) in [6.07, 6.45) is 0.229. The highest BCUT2D eigenvalue weighted by molar-refractivity contribution is 6.30. The van der Waals surface area contributed by atoms with Gasteiger partial charge in [-0.3, -0.25) is 4.79 Å². The highest BCUT2D eigenvalue weighted by atomic mass is 35.5. The fourth-order valence-electron chi connectivity index (χ4n) is 2.26. The van der Waals surface area contributed by atoms with E-state index in [1.807, 2.05) is 18.2 Å². The maximum absolute atomic E-state index is 12.4. The van der Waals surface area contributed by atoms with Gasteiger partial charge in [0.25, 0.3) is 0 Å². The molecule has 0 spiro atoms. The van der Waals surface area contributed by atoms with Gasteiger partial charge in [0.15, 0.2) is 0 Å². The molecule has 1 N–H and O–H groups in total. The minimum Gasteiger partial charge on any atom is -0.492 e. The molecule has 0 saturated heterocycles. The molecule has 0 atom stereocenters. The van der Waals surface area contributed by atoms with Crippen LogP contribution in [0.15, 0.2) is 48.5 Å². The summed E-state index contributed by atoms with van der Waals surface area (Å²) in [6, 6.07) is 14.1. The predicted octanol–water partition coefficient (Wildman–Crippen LogP) is 3.51. The zero-order valence-corrected chi connectivity index (χ0v) is 16.5. The standard InChI is InChI=1S/C20H24ClN3O3/c1-23(2)19(25)14-15-6-4-5-7-18(15)22-20(26)24(3)12-13-27-17-10-8-16(21)9-11-17/h4-11H,12-14H2,1-3H3,(H,22,26). The lowest BCUT2D eigenvalue weighted by molar-refractivity contribution is -0.127. The van der Waals surface area contributed by atoms with E-state index in [0.717, 1.165) is 5.56 Å². The summed E-state index contributed by atoms with van der Waals surface area (Å²) >= 11 is 5.84. The van der Waals surface area contributed by atoms with Gasteiger partial charge in [0.1, 0.15) is 12.4 Å². The van der Waals surface area contributed by atoms with Crippen LogP contribution in [0.25, 0.3) is 0 Å². The van der Waals surface area contributed by atoms with E-state index in [4.69, 9.17) is 16.3 Å². The monoisotopic (exact) mass is 389 g/mol. The topological polar surface area (TPSA) is 61.9 Å². The molecule has 2 aromatic carbocycles. The van der Waals surface area contributed by atoms with Gasteiger partial charge in [-0.1, -0.05) is 29.8 Å². The van der Waals surface area contributed by atoms with Crippen molar-refractivity contribution in [1.82, 2.24) is 9.80 Å². The third-order valence-corrected chi connectivity index (χ3v) is 4.21. The second-order valence-electron chi connectivity index (χ2n) is 6.28. The number of ether oxygens (including phenoxy) is 1. The summed E-state index contributed by atoms with van der Waals surface area (Å²) in [6.45, 7) is 0.763. The first kappa shape index (κ1) is 20.6. The number of urea groups is 1. The number of likely N-dealkylation sites (N-methyl/N-ethyl adjacent to an activating group) is 2. The largest absolute Gasteiger partial charge is 0.492 e. The molecule has 2 rings (SSSR count). The molecule has 3 amide bonds. The molecule has 144 valence electrons. The number of halogens is 1. The number of amides is 3. The highest BCUT2D eigenvalue weighted by Gasteiger charge is 2.14. The first-order valence-electron chi connectivity index (χ1n) is 8.55. The summed E-state index contributed by atoms with van der Waals surface area (Å²) < 4.78 is 5.60. The van der Waals surface area contributed by atoms with Gasteiger partial charge < -0.3 is 19.9 Å². The zero-order valence-electron chi connectivity index (χ0n) is 15.7. The predicted molar refractivity (Wildman–Crippen MR) is 107 cm³/mol. The molecule has 27 heavy (non-hydrogen) atoms. The molecule has 0 aliphatic heterocycles. The molecule has 0 aliphatic carbocycles. The lowest BCUT2D eigenvalue weighted by Gasteiger charge is -2.20. The Morgan fingerprint density at radius 3 is 2.37 bits per heavy atom. The van der Waals surface area contributed by atoms with Crippen LogP contribution < -0.4 is 10.1 Å². The fraction of sp³-hybridized carbons (Fsp3) is 0.300. The number of carbonyl (C=O) groups is 2. The van der Waals surface area contributed by atoms with Crippen LogP contribution in [0.4, 0.5) is 10.5 Å². The first-order chi connectivity index (χ1) is 12.9. The van der Waals surface area contributed by atoms with Gasteiger partial charge in [-0.25, -0.2) is 4.79 Å². The van der Waals surface area contributed by atoms with Gasteiger partial charge in [0.05, 0.1) is 13.0 Å². The molecule has 0 heterocycles. The first-order valence-corrected chi connectivity index (χ1v) is 8.93. The molecule has 6 nitrogen and oxygen atoms in total. The van der Waals surface area contributed by atoms with Crippen molar-refractivity contribution < 1.29 is 14.3 Å². The number of carbonyl (C=O) groups excluding carboxylic acids is 2. The van der Waals surface area contributed by atoms with E-state index < -0.39 is 0 Å². The summed E-state index contributed by atoms with van der Waals surface area (Å²) in [5, 5.41) is 3.50. The number of anilines is 1. The smallest absolute Gasteiger partial charge is 0.321 e. The number of benzene rings is 2. The number of rotatable bonds is 7. The van der Waals surface area contributed by atoms with Gasteiger partial charge >= 0.3 is 6.03 Å². The van der Waals surface area contributed by atoms with Crippen LogP contribution >= 0.6 is 11.6 Å². The molecule has 0 fully saturated rings. The number of para-hydroxylation sites is 1. The van der Waals surface area contributed by atoms with Gasteiger partial charge in [-0.2, -0.15) is 0 Å². The van der Waals surface area contributed by atoms with E-state index in [0.29, 0.717) is 29.6 Å². The van der Waals surface area contributed by atoms with Crippen LogP contribution in [0.2, 0.25) is 5.02 Å². The van der Waals surface area contributed by atoms with Gasteiger partial charge in [0, 0.05) is 31.9 Å². The minimum absolute atomic E-state index is 0.0265. The molecule has 0 radical (unpaired) electrons. The van der Waals surface area contributed by atoms with E-state index in [2.05, 4.69) is 5.32 Å². The molecule has 0 aromatic heterocycles. The normalized spacial score (nSPS) is 10.2. The van der Waals surface area contributed by atoms with Crippen molar-refractivity contribution in [2.75, 3.05) is 39.6 Å². The van der Waals surface area contributed by atoms with Gasteiger partial charge in [-0.15, -0.1) is 0 Å².